The average Bonchev–Trinajstić information content (AvgIpc) is 3.06. The molecule has 4 aromatic carbocycles. The number of hydrogen-bond acceptors (Lipinski definition) is 5. The molecule has 0 saturated heterocycles. The van der Waals surface area contributed by atoms with E-state index < -0.39 is 34.3 Å². The molecule has 4 rings (SSSR count). The van der Waals surface area contributed by atoms with Crippen LogP contribution in [-0.4, -0.2) is 50.4 Å². The SMILES string of the molecule is CCOc1ccc(S(=O)(=O)N(CC(=O)N(Cc2cccc(Cl)c2)[C@@H](Cc2ccccc2)C(=O)N[C@@H](C)CC)c2ccc(F)cc2)cc1. The number of carbonyl (C=O) groups is 2. The van der Waals surface area contributed by atoms with Crippen molar-refractivity contribution in [1.82, 2.24) is 10.2 Å². The predicted octanol–water partition coefficient (Wildman–Crippen LogP) is 6.63. The normalized spacial score (nSPS) is 12.5. The lowest BCUT2D eigenvalue weighted by Crippen LogP contribution is -2.54. The number of ether oxygens (including phenoxy) is 1. The minimum Gasteiger partial charge on any atom is -0.494 e. The van der Waals surface area contributed by atoms with Crippen molar-refractivity contribution < 1.29 is 27.1 Å². The highest BCUT2D eigenvalue weighted by atomic mass is 35.5. The second-order valence-corrected chi connectivity index (χ2v) is 13.4. The van der Waals surface area contributed by atoms with Crippen molar-refractivity contribution in [3.63, 3.8) is 0 Å². The van der Waals surface area contributed by atoms with E-state index in [9.17, 15) is 22.4 Å². The van der Waals surface area contributed by atoms with Crippen LogP contribution in [0.4, 0.5) is 10.1 Å². The molecule has 4 aromatic rings. The van der Waals surface area contributed by atoms with Crippen LogP contribution in [0, 0.1) is 5.82 Å². The number of halogens is 2. The van der Waals surface area contributed by atoms with Crippen LogP contribution in [0.1, 0.15) is 38.3 Å². The van der Waals surface area contributed by atoms with Gasteiger partial charge in [0.2, 0.25) is 11.8 Å². The van der Waals surface area contributed by atoms with Crippen molar-refractivity contribution in [1.29, 1.82) is 0 Å². The zero-order valence-electron chi connectivity index (χ0n) is 26.6. The van der Waals surface area contributed by atoms with E-state index in [-0.39, 0.29) is 35.5 Å². The Morgan fingerprint density at radius 3 is 2.17 bits per heavy atom. The summed E-state index contributed by atoms with van der Waals surface area (Å²) in [5.41, 5.74) is 1.56. The van der Waals surface area contributed by atoms with Gasteiger partial charge in [-0.05, 0) is 92.1 Å². The Kier molecular flexibility index (Phi) is 12.4. The molecule has 0 bridgehead atoms. The molecule has 8 nitrogen and oxygen atoms in total. The summed E-state index contributed by atoms with van der Waals surface area (Å²) < 4.78 is 48.7. The Morgan fingerprint density at radius 2 is 1.55 bits per heavy atom. The number of rotatable bonds is 15. The Balaban J connectivity index is 1.80. The highest BCUT2D eigenvalue weighted by Gasteiger charge is 2.35. The van der Waals surface area contributed by atoms with E-state index in [1.54, 1.807) is 24.3 Å². The van der Waals surface area contributed by atoms with Gasteiger partial charge in [0.25, 0.3) is 10.0 Å². The summed E-state index contributed by atoms with van der Waals surface area (Å²) >= 11 is 6.29. The molecule has 0 aromatic heterocycles. The number of benzene rings is 4. The molecule has 0 aliphatic rings. The minimum absolute atomic E-state index is 0.0226. The third-order valence-corrected chi connectivity index (χ3v) is 9.65. The van der Waals surface area contributed by atoms with Crippen LogP contribution in [-0.2, 0) is 32.6 Å². The van der Waals surface area contributed by atoms with Gasteiger partial charge in [-0.15, -0.1) is 0 Å². The van der Waals surface area contributed by atoms with E-state index >= 15 is 0 Å². The Bertz CT molecular complexity index is 1740. The fourth-order valence-electron chi connectivity index (χ4n) is 4.96. The highest BCUT2D eigenvalue weighted by Crippen LogP contribution is 2.27. The number of carbonyl (C=O) groups excluding carboxylic acids is 2. The summed E-state index contributed by atoms with van der Waals surface area (Å²) in [5.74, 6) is -1.09. The number of nitrogens with one attached hydrogen (secondary N) is 1. The van der Waals surface area contributed by atoms with Gasteiger partial charge in [0, 0.05) is 24.0 Å². The first-order valence-corrected chi connectivity index (χ1v) is 17.2. The van der Waals surface area contributed by atoms with E-state index in [0.717, 1.165) is 22.0 Å². The molecule has 47 heavy (non-hydrogen) atoms. The second kappa shape index (κ2) is 16.4. The van der Waals surface area contributed by atoms with Crippen LogP contribution in [0.5, 0.6) is 5.75 Å². The molecule has 1 N–H and O–H groups in total. The first-order valence-electron chi connectivity index (χ1n) is 15.4. The molecule has 0 aliphatic carbocycles. The van der Waals surface area contributed by atoms with Crippen LogP contribution in [0.2, 0.25) is 5.02 Å². The Morgan fingerprint density at radius 1 is 0.894 bits per heavy atom. The Hall–Kier alpha value is -4.41. The first kappa shape index (κ1) is 35.4. The van der Waals surface area contributed by atoms with E-state index in [2.05, 4.69) is 5.32 Å². The highest BCUT2D eigenvalue weighted by molar-refractivity contribution is 7.92. The molecule has 11 heteroatoms. The second-order valence-electron chi connectivity index (χ2n) is 11.1. The molecule has 0 radical (unpaired) electrons. The molecule has 0 heterocycles. The van der Waals surface area contributed by atoms with Crippen molar-refractivity contribution in [2.24, 2.45) is 0 Å². The van der Waals surface area contributed by atoms with Gasteiger partial charge in [0.05, 0.1) is 17.2 Å². The fraction of sp³-hybridized carbons (Fsp3) is 0.278. The average molecular weight is 680 g/mol. The largest absolute Gasteiger partial charge is 0.494 e. The van der Waals surface area contributed by atoms with E-state index in [1.807, 2.05) is 51.1 Å². The maximum Gasteiger partial charge on any atom is 0.264 e. The maximum absolute atomic E-state index is 14.5. The molecule has 0 saturated carbocycles. The third-order valence-electron chi connectivity index (χ3n) is 7.63. The molecule has 0 spiro atoms. The third kappa shape index (κ3) is 9.56. The first-order chi connectivity index (χ1) is 22.5. The van der Waals surface area contributed by atoms with Crippen LogP contribution in [0.3, 0.4) is 0 Å². The summed E-state index contributed by atoms with van der Waals surface area (Å²) in [4.78, 5) is 29.7. The summed E-state index contributed by atoms with van der Waals surface area (Å²) in [6.45, 7) is 5.35. The number of hydrogen-bond donors (Lipinski definition) is 1. The van der Waals surface area contributed by atoms with Gasteiger partial charge in [-0.2, -0.15) is 0 Å². The number of anilines is 1. The minimum atomic E-state index is -4.35. The Labute approximate surface area is 281 Å². The van der Waals surface area contributed by atoms with E-state index in [4.69, 9.17) is 16.3 Å². The smallest absolute Gasteiger partial charge is 0.264 e. The molecule has 0 fully saturated rings. The van der Waals surface area contributed by atoms with E-state index in [0.29, 0.717) is 29.4 Å². The van der Waals surface area contributed by atoms with Crippen molar-refractivity contribution >= 4 is 39.1 Å². The van der Waals surface area contributed by atoms with Gasteiger partial charge in [-0.3, -0.25) is 13.9 Å². The number of amides is 2. The maximum atomic E-state index is 14.5. The van der Waals surface area contributed by atoms with Gasteiger partial charge in [-0.1, -0.05) is 61.0 Å². The van der Waals surface area contributed by atoms with Gasteiger partial charge < -0.3 is 15.0 Å². The summed E-state index contributed by atoms with van der Waals surface area (Å²) in [7, 11) is -4.35. The molecule has 2 atom stereocenters. The van der Waals surface area contributed by atoms with E-state index in [1.165, 1.54) is 41.3 Å². The summed E-state index contributed by atoms with van der Waals surface area (Å²) in [5, 5.41) is 3.45. The van der Waals surface area contributed by atoms with Gasteiger partial charge in [-0.25, -0.2) is 12.8 Å². The van der Waals surface area contributed by atoms with Crippen LogP contribution >= 0.6 is 11.6 Å². The number of sulfonamides is 1. The topological polar surface area (TPSA) is 96.0 Å². The standard InChI is InChI=1S/C36H39ClFN3O5S/c1-4-26(3)39-36(43)34(23-27-10-7-6-8-11-27)40(24-28-12-9-13-29(37)22-28)35(42)25-41(31-16-14-30(38)15-17-31)47(44,45)33-20-18-32(19-21-33)46-5-2/h6-22,26,34H,4-5,23-25H2,1-3H3,(H,39,43)/t26-,34-/m0/s1. The van der Waals surface area contributed by atoms with Crippen molar-refractivity contribution in [2.45, 2.75) is 57.1 Å². The monoisotopic (exact) mass is 679 g/mol. The van der Waals surface area contributed by atoms with Gasteiger partial charge in [0.15, 0.2) is 0 Å². The predicted molar refractivity (Wildman–Crippen MR) is 182 cm³/mol. The quantitative estimate of drug-likeness (QED) is 0.152. The van der Waals surface area contributed by atoms with Crippen LogP contribution in [0.15, 0.2) is 108 Å². The molecule has 2 amide bonds. The van der Waals surface area contributed by atoms with Gasteiger partial charge >= 0.3 is 0 Å². The van der Waals surface area contributed by atoms with Crippen molar-refractivity contribution in [3.05, 3.63) is 125 Å². The number of nitrogens with zero attached hydrogens (tertiary/aromatic N) is 2. The zero-order chi connectivity index (χ0) is 34.0. The lowest BCUT2D eigenvalue weighted by molar-refractivity contribution is -0.140. The van der Waals surface area contributed by atoms with Gasteiger partial charge in [0.1, 0.15) is 24.2 Å². The van der Waals surface area contributed by atoms with Crippen LogP contribution in [0.25, 0.3) is 0 Å². The molecule has 0 unspecified atom stereocenters. The summed E-state index contributed by atoms with van der Waals surface area (Å²) in [6, 6.07) is 25.7. The fourth-order valence-corrected chi connectivity index (χ4v) is 6.59. The summed E-state index contributed by atoms with van der Waals surface area (Å²) in [6.07, 6.45) is 0.850. The van der Waals surface area contributed by atoms with Crippen molar-refractivity contribution in [2.75, 3.05) is 17.5 Å². The molecular formula is C36H39ClFN3O5S. The zero-order valence-corrected chi connectivity index (χ0v) is 28.2. The van der Waals surface area contributed by atoms with Crippen LogP contribution < -0.4 is 14.4 Å². The molecular weight excluding hydrogens is 641 g/mol. The lowest BCUT2D eigenvalue weighted by Gasteiger charge is -2.34. The van der Waals surface area contributed by atoms with Crippen molar-refractivity contribution in [3.8, 4) is 5.75 Å². The lowest BCUT2D eigenvalue weighted by atomic mass is 10.0. The molecule has 248 valence electrons. The molecule has 0 aliphatic heterocycles.